The predicted octanol–water partition coefficient (Wildman–Crippen LogP) is 3.55. The van der Waals surface area contributed by atoms with Gasteiger partial charge < -0.3 is 15.0 Å². The number of aryl methyl sites for hydroxylation is 1. The Bertz CT molecular complexity index is 695. The molecule has 1 amide bonds. The summed E-state index contributed by atoms with van der Waals surface area (Å²) in [5.74, 6) is -0.00591. The molecule has 1 N–H and O–H groups in total. The topological polar surface area (TPSA) is 41.6 Å². The molecule has 26 heavy (non-hydrogen) atoms. The van der Waals surface area contributed by atoms with Crippen molar-refractivity contribution in [1.82, 2.24) is 5.32 Å². The SMILES string of the molecule is O=C(COc1ccc(F)cc1)NCCCc1ccc(N2CCCC2)cc1. The third-order valence-electron chi connectivity index (χ3n) is 4.56. The molecule has 4 nitrogen and oxygen atoms in total. The van der Waals surface area contributed by atoms with Gasteiger partial charge in [-0.3, -0.25) is 4.79 Å². The summed E-state index contributed by atoms with van der Waals surface area (Å²) >= 11 is 0. The number of halogens is 1. The standard InChI is InChI=1S/C21H25FN2O2/c22-18-7-11-20(12-8-18)26-16-21(25)23-13-3-4-17-5-9-19(10-6-17)24-14-1-2-15-24/h5-12H,1-4,13-16H2,(H,23,25). The molecule has 0 spiro atoms. The molecule has 0 radical (unpaired) electrons. The van der Waals surface area contributed by atoms with E-state index in [4.69, 9.17) is 4.74 Å². The van der Waals surface area contributed by atoms with Gasteiger partial charge in [-0.2, -0.15) is 0 Å². The third kappa shape index (κ3) is 5.48. The van der Waals surface area contributed by atoms with Gasteiger partial charge >= 0.3 is 0 Å². The molecule has 0 unspecified atom stereocenters. The molecule has 0 aromatic heterocycles. The molecule has 5 heteroatoms. The Labute approximate surface area is 154 Å². The van der Waals surface area contributed by atoms with Gasteiger partial charge in [0.15, 0.2) is 6.61 Å². The average Bonchev–Trinajstić information content (AvgIpc) is 3.20. The van der Waals surface area contributed by atoms with E-state index in [1.165, 1.54) is 48.4 Å². The highest BCUT2D eigenvalue weighted by molar-refractivity contribution is 5.77. The first-order valence-corrected chi connectivity index (χ1v) is 9.20. The summed E-state index contributed by atoms with van der Waals surface area (Å²) in [4.78, 5) is 14.2. The van der Waals surface area contributed by atoms with Crippen molar-refractivity contribution in [3.05, 3.63) is 59.9 Å². The van der Waals surface area contributed by atoms with E-state index in [0.29, 0.717) is 12.3 Å². The molecule has 0 bridgehead atoms. The van der Waals surface area contributed by atoms with E-state index in [1.807, 2.05) is 0 Å². The second kappa shape index (κ2) is 9.22. The Kier molecular flexibility index (Phi) is 6.47. The first-order chi connectivity index (χ1) is 12.7. The minimum Gasteiger partial charge on any atom is -0.484 e. The van der Waals surface area contributed by atoms with Crippen molar-refractivity contribution in [1.29, 1.82) is 0 Å². The van der Waals surface area contributed by atoms with Crippen LogP contribution in [0.25, 0.3) is 0 Å². The molecule has 1 aliphatic heterocycles. The Morgan fingerprint density at radius 1 is 1.04 bits per heavy atom. The molecular weight excluding hydrogens is 331 g/mol. The van der Waals surface area contributed by atoms with E-state index in [0.717, 1.165) is 25.9 Å². The Morgan fingerprint density at radius 3 is 2.42 bits per heavy atom. The van der Waals surface area contributed by atoms with Gasteiger partial charge in [0, 0.05) is 25.3 Å². The van der Waals surface area contributed by atoms with E-state index in [-0.39, 0.29) is 18.3 Å². The number of hydrogen-bond acceptors (Lipinski definition) is 3. The van der Waals surface area contributed by atoms with Crippen LogP contribution >= 0.6 is 0 Å². The summed E-state index contributed by atoms with van der Waals surface area (Å²) in [5.41, 5.74) is 2.59. The van der Waals surface area contributed by atoms with Crippen molar-refractivity contribution in [2.75, 3.05) is 31.1 Å². The van der Waals surface area contributed by atoms with Crippen molar-refractivity contribution in [2.24, 2.45) is 0 Å². The summed E-state index contributed by atoms with van der Waals surface area (Å²) < 4.78 is 18.1. The number of benzene rings is 2. The lowest BCUT2D eigenvalue weighted by Crippen LogP contribution is -2.29. The predicted molar refractivity (Wildman–Crippen MR) is 101 cm³/mol. The minimum absolute atomic E-state index is 0.0594. The van der Waals surface area contributed by atoms with Gasteiger partial charge in [0.1, 0.15) is 11.6 Å². The van der Waals surface area contributed by atoms with Crippen LogP contribution in [0.3, 0.4) is 0 Å². The van der Waals surface area contributed by atoms with E-state index < -0.39 is 0 Å². The zero-order chi connectivity index (χ0) is 18.2. The molecule has 3 rings (SSSR count). The molecule has 1 heterocycles. The summed E-state index contributed by atoms with van der Waals surface area (Å²) in [7, 11) is 0. The van der Waals surface area contributed by atoms with Crippen LogP contribution in [0.2, 0.25) is 0 Å². The maximum atomic E-state index is 12.8. The van der Waals surface area contributed by atoms with Crippen LogP contribution in [0.4, 0.5) is 10.1 Å². The first kappa shape index (κ1) is 18.2. The lowest BCUT2D eigenvalue weighted by atomic mass is 10.1. The highest BCUT2D eigenvalue weighted by Crippen LogP contribution is 2.20. The van der Waals surface area contributed by atoms with Gasteiger partial charge in [-0.05, 0) is 67.6 Å². The van der Waals surface area contributed by atoms with Crippen molar-refractivity contribution in [3.63, 3.8) is 0 Å². The van der Waals surface area contributed by atoms with Gasteiger partial charge in [0.2, 0.25) is 0 Å². The van der Waals surface area contributed by atoms with E-state index in [2.05, 4.69) is 34.5 Å². The summed E-state index contributed by atoms with van der Waals surface area (Å²) in [6.45, 7) is 2.87. The van der Waals surface area contributed by atoms with Crippen LogP contribution < -0.4 is 15.0 Å². The number of hydrogen-bond donors (Lipinski definition) is 1. The fraction of sp³-hybridized carbons (Fsp3) is 0.381. The maximum Gasteiger partial charge on any atom is 0.257 e. The molecule has 1 saturated heterocycles. The third-order valence-corrected chi connectivity index (χ3v) is 4.56. The number of amides is 1. The molecule has 138 valence electrons. The number of nitrogens with one attached hydrogen (secondary N) is 1. The number of carbonyl (C=O) groups is 1. The van der Waals surface area contributed by atoms with Gasteiger partial charge in [0.05, 0.1) is 0 Å². The number of ether oxygens (including phenoxy) is 1. The Balaban J connectivity index is 1.32. The Morgan fingerprint density at radius 2 is 1.73 bits per heavy atom. The summed E-state index contributed by atoms with van der Waals surface area (Å²) in [6.07, 6.45) is 4.38. The quantitative estimate of drug-likeness (QED) is 0.736. The second-order valence-corrected chi connectivity index (χ2v) is 6.56. The monoisotopic (exact) mass is 356 g/mol. The average molecular weight is 356 g/mol. The van der Waals surface area contributed by atoms with Crippen molar-refractivity contribution in [3.8, 4) is 5.75 Å². The summed E-state index contributed by atoms with van der Waals surface area (Å²) in [5, 5.41) is 2.84. The highest BCUT2D eigenvalue weighted by Gasteiger charge is 2.11. The van der Waals surface area contributed by atoms with Crippen molar-refractivity contribution >= 4 is 11.6 Å². The fourth-order valence-corrected chi connectivity index (χ4v) is 3.10. The van der Waals surface area contributed by atoms with Gasteiger partial charge in [-0.15, -0.1) is 0 Å². The lowest BCUT2D eigenvalue weighted by Gasteiger charge is -2.17. The fourth-order valence-electron chi connectivity index (χ4n) is 3.10. The van der Waals surface area contributed by atoms with Crippen LogP contribution in [0.1, 0.15) is 24.8 Å². The minimum atomic E-state index is -0.324. The number of rotatable bonds is 8. The first-order valence-electron chi connectivity index (χ1n) is 9.20. The molecule has 1 fully saturated rings. The summed E-state index contributed by atoms with van der Waals surface area (Å²) in [6, 6.07) is 14.4. The van der Waals surface area contributed by atoms with Gasteiger partial charge in [-0.25, -0.2) is 4.39 Å². The Hall–Kier alpha value is -2.56. The van der Waals surface area contributed by atoms with Gasteiger partial charge in [-0.1, -0.05) is 12.1 Å². The molecule has 2 aromatic carbocycles. The lowest BCUT2D eigenvalue weighted by molar-refractivity contribution is -0.123. The molecule has 0 saturated carbocycles. The van der Waals surface area contributed by atoms with E-state index in [9.17, 15) is 9.18 Å². The van der Waals surface area contributed by atoms with Crippen LogP contribution in [0, 0.1) is 5.82 Å². The molecular formula is C21H25FN2O2. The smallest absolute Gasteiger partial charge is 0.257 e. The van der Waals surface area contributed by atoms with E-state index in [1.54, 1.807) is 0 Å². The molecule has 1 aliphatic rings. The molecule has 0 atom stereocenters. The zero-order valence-corrected chi connectivity index (χ0v) is 14.9. The highest BCUT2D eigenvalue weighted by atomic mass is 19.1. The van der Waals surface area contributed by atoms with Crippen LogP contribution in [0.5, 0.6) is 5.75 Å². The van der Waals surface area contributed by atoms with E-state index >= 15 is 0 Å². The number of anilines is 1. The van der Waals surface area contributed by atoms with Crippen molar-refractivity contribution < 1.29 is 13.9 Å². The van der Waals surface area contributed by atoms with Crippen LogP contribution in [-0.4, -0.2) is 32.1 Å². The van der Waals surface area contributed by atoms with Crippen LogP contribution in [0.15, 0.2) is 48.5 Å². The molecule has 0 aliphatic carbocycles. The number of carbonyl (C=O) groups excluding carboxylic acids is 1. The zero-order valence-electron chi connectivity index (χ0n) is 14.9. The largest absolute Gasteiger partial charge is 0.484 e. The normalized spacial score (nSPS) is 13.7. The van der Waals surface area contributed by atoms with Gasteiger partial charge in [0.25, 0.3) is 5.91 Å². The van der Waals surface area contributed by atoms with Crippen molar-refractivity contribution in [2.45, 2.75) is 25.7 Å². The second-order valence-electron chi connectivity index (χ2n) is 6.56. The number of nitrogens with zero attached hydrogens (tertiary/aromatic N) is 1. The maximum absolute atomic E-state index is 12.8. The molecule has 2 aromatic rings. The van der Waals surface area contributed by atoms with Crippen LogP contribution in [-0.2, 0) is 11.2 Å².